The summed E-state index contributed by atoms with van der Waals surface area (Å²) < 4.78 is 23.6. The van der Waals surface area contributed by atoms with Crippen LogP contribution in [0.3, 0.4) is 0 Å². The molecule has 5 aliphatic carbocycles. The molecule has 6 rings (SSSR count). The van der Waals surface area contributed by atoms with Crippen LogP contribution in [0.15, 0.2) is 0 Å². The van der Waals surface area contributed by atoms with E-state index in [-0.39, 0.29) is 18.4 Å². The van der Waals surface area contributed by atoms with Gasteiger partial charge in [-0.3, -0.25) is 0 Å². The van der Waals surface area contributed by atoms with Gasteiger partial charge in [-0.2, -0.15) is 0 Å². The molecule has 5 N–H and O–H groups in total. The summed E-state index contributed by atoms with van der Waals surface area (Å²) in [5, 5.41) is 58.9. The van der Waals surface area contributed by atoms with E-state index in [2.05, 4.69) is 4.90 Å². The number of ether oxygens (including phenoxy) is 4. The highest BCUT2D eigenvalue weighted by Gasteiger charge is 2.90. The first-order valence-electron chi connectivity index (χ1n) is 12.3. The van der Waals surface area contributed by atoms with Crippen molar-refractivity contribution in [3.8, 4) is 0 Å². The Balaban J connectivity index is 1.67. The Bertz CT molecular complexity index is 862. The van der Waals surface area contributed by atoms with Crippen LogP contribution in [-0.2, 0) is 18.9 Å². The largest absolute Gasteiger partial charge is 0.392 e. The lowest BCUT2D eigenvalue weighted by atomic mass is 9.42. The summed E-state index contributed by atoms with van der Waals surface area (Å²) in [7, 11) is 8.24. The summed E-state index contributed by atoms with van der Waals surface area (Å²) in [6.45, 7) is 0.836. The first kappa shape index (κ1) is 24.0. The zero-order valence-electron chi connectivity index (χ0n) is 20.5. The summed E-state index contributed by atoms with van der Waals surface area (Å²) >= 11 is 0. The molecule has 10 nitrogen and oxygen atoms in total. The number of aliphatic hydroxyl groups excluding tert-OH is 3. The molecule has 6 aliphatic rings. The van der Waals surface area contributed by atoms with E-state index >= 15 is 0 Å². The van der Waals surface area contributed by atoms with E-state index in [0.29, 0.717) is 19.6 Å². The van der Waals surface area contributed by atoms with Gasteiger partial charge in [-0.05, 0) is 19.4 Å². The lowest BCUT2D eigenvalue weighted by Crippen LogP contribution is -2.80. The molecule has 1 saturated heterocycles. The number of nitrogens with zero attached hydrogens (tertiary/aromatic N) is 1. The normalized spacial score (nSPS) is 63.9. The minimum absolute atomic E-state index is 0.153. The maximum atomic E-state index is 12.5. The molecule has 7 bridgehead atoms. The van der Waals surface area contributed by atoms with E-state index in [1.807, 2.05) is 7.05 Å². The molecule has 0 aromatic rings. The van der Waals surface area contributed by atoms with E-state index in [1.54, 1.807) is 21.3 Å². The van der Waals surface area contributed by atoms with Crippen LogP contribution in [0.5, 0.6) is 0 Å². The number of fused-ring (bicyclic) bond motifs is 2. The van der Waals surface area contributed by atoms with Crippen molar-refractivity contribution in [1.29, 1.82) is 0 Å². The molecule has 0 amide bonds. The standard InChI is InChI=1S/C24H39NO9/c1-25-8-21(9-31-2)11(26)6-12(32-3)23-10-7-22(29)18(27)13(10)24(30,19(28)20(22)34-5)14(17(23)25)15(33-4)16(21)23/h10-20,26-30H,6-9H2,1-5H3/t10-,11-,12+,13-,14+,15+,16-,17-,18-,19+,20+,21+,22+,23+,24-/m1/s1. The fourth-order valence-electron chi connectivity index (χ4n) is 10.9. The van der Waals surface area contributed by atoms with Gasteiger partial charge in [0.2, 0.25) is 0 Å². The van der Waals surface area contributed by atoms with Crippen LogP contribution in [0.1, 0.15) is 12.8 Å². The van der Waals surface area contributed by atoms with Crippen LogP contribution in [0, 0.1) is 34.5 Å². The Hall–Kier alpha value is -0.400. The van der Waals surface area contributed by atoms with Gasteiger partial charge in [0, 0.05) is 76.0 Å². The minimum Gasteiger partial charge on any atom is -0.392 e. The maximum absolute atomic E-state index is 12.5. The van der Waals surface area contributed by atoms with Gasteiger partial charge in [0.05, 0.1) is 31.0 Å². The van der Waals surface area contributed by atoms with Crippen molar-refractivity contribution in [2.24, 2.45) is 34.5 Å². The van der Waals surface area contributed by atoms with Crippen LogP contribution < -0.4 is 0 Å². The van der Waals surface area contributed by atoms with Crippen molar-refractivity contribution in [3.05, 3.63) is 0 Å². The summed E-state index contributed by atoms with van der Waals surface area (Å²) in [6.07, 6.45) is -4.96. The van der Waals surface area contributed by atoms with E-state index in [9.17, 15) is 25.5 Å². The molecule has 0 unspecified atom stereocenters. The third kappa shape index (κ3) is 2.14. The third-order valence-electron chi connectivity index (χ3n) is 11.4. The van der Waals surface area contributed by atoms with Crippen molar-refractivity contribution in [3.63, 3.8) is 0 Å². The Labute approximate surface area is 199 Å². The molecule has 194 valence electrons. The van der Waals surface area contributed by atoms with Gasteiger partial charge in [-0.25, -0.2) is 0 Å². The molecule has 6 fully saturated rings. The van der Waals surface area contributed by atoms with E-state index in [0.717, 1.165) is 0 Å². The molecule has 10 heteroatoms. The Morgan fingerprint density at radius 1 is 0.941 bits per heavy atom. The molecule has 1 heterocycles. The van der Waals surface area contributed by atoms with Crippen LogP contribution in [0.25, 0.3) is 0 Å². The molecule has 1 aliphatic heterocycles. The number of hydrogen-bond acceptors (Lipinski definition) is 10. The van der Waals surface area contributed by atoms with Crippen molar-refractivity contribution < 1.29 is 44.5 Å². The Kier molecular flexibility index (Phi) is 5.02. The predicted octanol–water partition coefficient (Wildman–Crippen LogP) is -2.18. The second-order valence-corrected chi connectivity index (χ2v) is 12.0. The molecular weight excluding hydrogens is 446 g/mol. The van der Waals surface area contributed by atoms with Crippen LogP contribution in [0.4, 0.5) is 0 Å². The summed E-state index contributed by atoms with van der Waals surface area (Å²) in [5.74, 6) is -2.05. The molecule has 34 heavy (non-hydrogen) atoms. The number of piperidine rings is 1. The first-order valence-corrected chi connectivity index (χ1v) is 12.3. The lowest BCUT2D eigenvalue weighted by Gasteiger charge is -2.69. The highest BCUT2D eigenvalue weighted by atomic mass is 16.5. The lowest BCUT2D eigenvalue weighted by molar-refractivity contribution is -0.319. The van der Waals surface area contributed by atoms with Crippen molar-refractivity contribution >= 4 is 0 Å². The number of rotatable bonds is 5. The molecule has 0 aromatic carbocycles. The zero-order valence-corrected chi connectivity index (χ0v) is 20.5. The van der Waals surface area contributed by atoms with E-state index < -0.39 is 76.4 Å². The second kappa shape index (κ2) is 7.12. The van der Waals surface area contributed by atoms with Crippen molar-refractivity contribution in [1.82, 2.24) is 4.90 Å². The van der Waals surface area contributed by atoms with Gasteiger partial charge in [0.1, 0.15) is 23.4 Å². The van der Waals surface area contributed by atoms with Crippen molar-refractivity contribution in [2.75, 3.05) is 48.6 Å². The highest BCUT2D eigenvalue weighted by Crippen LogP contribution is 2.79. The number of hydrogen-bond donors (Lipinski definition) is 5. The number of aliphatic hydroxyl groups is 5. The Morgan fingerprint density at radius 3 is 2.24 bits per heavy atom. The van der Waals surface area contributed by atoms with Gasteiger partial charge in [0.15, 0.2) is 0 Å². The smallest absolute Gasteiger partial charge is 0.120 e. The average molecular weight is 486 g/mol. The van der Waals surface area contributed by atoms with Gasteiger partial charge in [0.25, 0.3) is 0 Å². The first-order chi connectivity index (χ1) is 16.1. The zero-order chi connectivity index (χ0) is 24.6. The second-order valence-electron chi connectivity index (χ2n) is 12.0. The number of methoxy groups -OCH3 is 4. The molecule has 1 spiro atoms. The summed E-state index contributed by atoms with van der Waals surface area (Å²) in [5.41, 5.74) is -4.81. The molecule has 15 atom stereocenters. The Morgan fingerprint density at radius 2 is 1.65 bits per heavy atom. The fourth-order valence-corrected chi connectivity index (χ4v) is 10.9. The summed E-state index contributed by atoms with van der Waals surface area (Å²) in [6, 6.07) is -0.254. The quantitative estimate of drug-likeness (QED) is 0.292. The van der Waals surface area contributed by atoms with Crippen LogP contribution >= 0.6 is 0 Å². The van der Waals surface area contributed by atoms with Crippen LogP contribution in [0.2, 0.25) is 0 Å². The monoisotopic (exact) mass is 485 g/mol. The van der Waals surface area contributed by atoms with E-state index in [1.165, 1.54) is 7.11 Å². The third-order valence-corrected chi connectivity index (χ3v) is 11.4. The molecular formula is C24H39NO9. The topological polar surface area (TPSA) is 141 Å². The minimum atomic E-state index is -1.76. The molecule has 0 aromatic heterocycles. The van der Waals surface area contributed by atoms with Crippen molar-refractivity contribution in [2.45, 2.75) is 66.7 Å². The number of likely N-dealkylation sites (tertiary alicyclic amines) is 1. The highest BCUT2D eigenvalue weighted by molar-refractivity contribution is 5.39. The maximum Gasteiger partial charge on any atom is 0.120 e. The predicted molar refractivity (Wildman–Crippen MR) is 117 cm³/mol. The van der Waals surface area contributed by atoms with Gasteiger partial charge < -0.3 is 49.4 Å². The van der Waals surface area contributed by atoms with Gasteiger partial charge in [-0.1, -0.05) is 0 Å². The molecule has 5 saturated carbocycles. The summed E-state index contributed by atoms with van der Waals surface area (Å²) in [4.78, 5) is 2.17. The average Bonchev–Trinajstić information content (AvgIpc) is 3.17. The van der Waals surface area contributed by atoms with Gasteiger partial charge in [-0.15, -0.1) is 0 Å². The van der Waals surface area contributed by atoms with Crippen LogP contribution in [-0.4, -0.2) is 133 Å². The molecule has 0 radical (unpaired) electrons. The van der Waals surface area contributed by atoms with Gasteiger partial charge >= 0.3 is 0 Å². The van der Waals surface area contributed by atoms with E-state index in [4.69, 9.17) is 18.9 Å². The fraction of sp³-hybridized carbons (Fsp3) is 1.00. The SMILES string of the molecule is COC[C@]12CN(C)[C@@H]3[C@@H]4[C@H](OC)[C@H]1[C@@]3([C@@H](OC)C[C@H]2O)[C@@H]1C[C@]2(O)[C@H](O)[C@@H]1[C@]4(O)[C@@H](O)[C@@H]2OC.